The molecule has 1 saturated heterocycles. The highest BCUT2D eigenvalue weighted by Gasteiger charge is 2.55. The number of likely N-dealkylation sites (tertiary alicyclic amines) is 1. The molecule has 8 heteroatoms. The third-order valence-corrected chi connectivity index (χ3v) is 7.38. The van der Waals surface area contributed by atoms with Gasteiger partial charge in [-0.2, -0.15) is 4.98 Å². The van der Waals surface area contributed by atoms with Gasteiger partial charge in [-0.3, -0.25) is 4.98 Å². The molecule has 0 amide bonds. The molecule has 0 radical (unpaired) electrons. The van der Waals surface area contributed by atoms with E-state index in [9.17, 15) is 5.11 Å². The van der Waals surface area contributed by atoms with E-state index in [4.69, 9.17) is 10.3 Å². The maximum atomic E-state index is 12.4. The number of rotatable bonds is 7. The van der Waals surface area contributed by atoms with Crippen LogP contribution in [0.3, 0.4) is 0 Å². The zero-order valence-corrected chi connectivity index (χ0v) is 21.1. The first-order valence-electron chi connectivity index (χ1n) is 11.7. The second-order valence-electron chi connectivity index (χ2n) is 10.7. The molecule has 3 N–H and O–H groups in total. The Balaban J connectivity index is 0.00000274. The van der Waals surface area contributed by atoms with Gasteiger partial charge in [0.2, 0.25) is 11.7 Å². The normalized spacial score (nSPS) is 20.3. The molecule has 2 fully saturated rings. The summed E-state index contributed by atoms with van der Waals surface area (Å²) in [7, 11) is 2.07. The van der Waals surface area contributed by atoms with Gasteiger partial charge in [-0.25, -0.2) is 0 Å². The number of nitrogens with two attached hydrogens (primary N) is 1. The molecule has 182 valence electrons. The SMILES string of the molecule is CC(C)c1ccc([C@](O)(c2cncc(-c3noc(CC4(N)CC4)n3)c2)C2(C)CN(C)C2)cc1.Cl. The van der Waals surface area contributed by atoms with E-state index in [1.807, 2.05) is 18.2 Å². The molecule has 34 heavy (non-hydrogen) atoms. The lowest BCUT2D eigenvalue weighted by atomic mass is 9.62. The topological polar surface area (TPSA) is 101 Å². The zero-order valence-electron chi connectivity index (χ0n) is 20.3. The first kappa shape index (κ1) is 24.8. The summed E-state index contributed by atoms with van der Waals surface area (Å²) in [5.74, 6) is 1.44. The Kier molecular flexibility index (Phi) is 6.36. The molecule has 5 rings (SSSR count). The van der Waals surface area contributed by atoms with Crippen LogP contribution < -0.4 is 5.73 Å². The standard InChI is InChI=1S/C26H33N5O2.ClH/c1-17(2)18-5-7-20(8-6-18)26(32,24(3)15-31(4)16-24)21-11-19(13-28-14-21)23-29-22(33-30-23)12-25(27)9-10-25;/h5-8,11,13-14,17,32H,9-10,12,15-16,27H2,1-4H3;1H/t26-;/m0./s1. The Labute approximate surface area is 207 Å². The summed E-state index contributed by atoms with van der Waals surface area (Å²) in [6.07, 6.45) is 6.02. The van der Waals surface area contributed by atoms with Crippen molar-refractivity contribution in [3.05, 3.63) is 65.3 Å². The van der Waals surface area contributed by atoms with Crippen molar-refractivity contribution in [2.45, 2.75) is 57.1 Å². The van der Waals surface area contributed by atoms with E-state index in [1.54, 1.807) is 12.4 Å². The fraction of sp³-hybridized carbons (Fsp3) is 0.500. The van der Waals surface area contributed by atoms with Crippen LogP contribution in [-0.2, 0) is 12.0 Å². The van der Waals surface area contributed by atoms with Crippen LogP contribution in [0.1, 0.15) is 62.1 Å². The number of pyridine rings is 1. The van der Waals surface area contributed by atoms with Gasteiger partial charge in [0.05, 0.1) is 0 Å². The van der Waals surface area contributed by atoms with Crippen molar-refractivity contribution < 1.29 is 9.63 Å². The Hall–Kier alpha value is -2.32. The fourth-order valence-corrected chi connectivity index (χ4v) is 5.19. The summed E-state index contributed by atoms with van der Waals surface area (Å²) >= 11 is 0. The van der Waals surface area contributed by atoms with Crippen LogP contribution >= 0.6 is 12.4 Å². The van der Waals surface area contributed by atoms with Crippen molar-refractivity contribution >= 4 is 12.4 Å². The van der Waals surface area contributed by atoms with Gasteiger partial charge in [0.25, 0.3) is 0 Å². The minimum absolute atomic E-state index is 0. The van der Waals surface area contributed by atoms with Gasteiger partial charge >= 0.3 is 0 Å². The van der Waals surface area contributed by atoms with Crippen LogP contribution in [0.25, 0.3) is 11.4 Å². The molecule has 1 aromatic carbocycles. The van der Waals surface area contributed by atoms with Gasteiger partial charge in [0.15, 0.2) is 0 Å². The molecule has 2 aromatic heterocycles. The van der Waals surface area contributed by atoms with Crippen LogP contribution in [0.4, 0.5) is 0 Å². The van der Waals surface area contributed by atoms with E-state index in [0.29, 0.717) is 24.1 Å². The molecule has 1 aliphatic heterocycles. The molecule has 0 bridgehead atoms. The second kappa shape index (κ2) is 8.72. The fourth-order valence-electron chi connectivity index (χ4n) is 5.19. The van der Waals surface area contributed by atoms with Crippen molar-refractivity contribution in [2.24, 2.45) is 11.1 Å². The number of aromatic nitrogens is 3. The molecule has 0 unspecified atom stereocenters. The van der Waals surface area contributed by atoms with Crippen molar-refractivity contribution in [1.29, 1.82) is 0 Å². The van der Waals surface area contributed by atoms with Crippen LogP contribution in [0, 0.1) is 5.41 Å². The molecule has 7 nitrogen and oxygen atoms in total. The highest BCUT2D eigenvalue weighted by molar-refractivity contribution is 5.85. The average Bonchev–Trinajstić information content (AvgIpc) is 3.32. The van der Waals surface area contributed by atoms with E-state index in [-0.39, 0.29) is 23.4 Å². The van der Waals surface area contributed by atoms with Crippen LogP contribution in [0.5, 0.6) is 0 Å². The molecular weight excluding hydrogens is 450 g/mol. The minimum Gasteiger partial charge on any atom is -0.380 e. The quantitative estimate of drug-likeness (QED) is 0.525. The summed E-state index contributed by atoms with van der Waals surface area (Å²) in [6, 6.07) is 10.3. The number of nitrogens with zero attached hydrogens (tertiary/aromatic N) is 4. The summed E-state index contributed by atoms with van der Waals surface area (Å²) in [4.78, 5) is 11.2. The van der Waals surface area contributed by atoms with Gasteiger partial charge < -0.3 is 20.3 Å². The van der Waals surface area contributed by atoms with Gasteiger partial charge in [-0.15, -0.1) is 12.4 Å². The smallest absolute Gasteiger partial charge is 0.228 e. The molecule has 1 atom stereocenters. The molecule has 0 spiro atoms. The lowest BCUT2D eigenvalue weighted by Crippen LogP contribution is -2.63. The average molecular weight is 484 g/mol. The summed E-state index contributed by atoms with van der Waals surface area (Å²) in [6.45, 7) is 8.05. The molecule has 3 heterocycles. The van der Waals surface area contributed by atoms with Crippen molar-refractivity contribution in [2.75, 3.05) is 20.1 Å². The van der Waals surface area contributed by atoms with Gasteiger partial charge in [0, 0.05) is 54.0 Å². The largest absolute Gasteiger partial charge is 0.380 e. The van der Waals surface area contributed by atoms with Gasteiger partial charge in [-0.05, 0) is 43.0 Å². The van der Waals surface area contributed by atoms with Gasteiger partial charge in [-0.1, -0.05) is 50.2 Å². The van der Waals surface area contributed by atoms with E-state index in [0.717, 1.165) is 42.6 Å². The second-order valence-corrected chi connectivity index (χ2v) is 10.7. The lowest BCUT2D eigenvalue weighted by molar-refractivity contribution is -0.127. The van der Waals surface area contributed by atoms with E-state index in [2.05, 4.69) is 60.0 Å². The Morgan fingerprint density at radius 3 is 2.41 bits per heavy atom. The molecule has 3 aromatic rings. The first-order valence-corrected chi connectivity index (χ1v) is 11.7. The maximum Gasteiger partial charge on any atom is 0.228 e. The summed E-state index contributed by atoms with van der Waals surface area (Å²) in [5.41, 5.74) is 8.01. The Morgan fingerprint density at radius 1 is 1.15 bits per heavy atom. The molecule has 1 saturated carbocycles. The number of aliphatic hydroxyl groups is 1. The van der Waals surface area contributed by atoms with E-state index >= 15 is 0 Å². The predicted molar refractivity (Wildman–Crippen MR) is 134 cm³/mol. The number of hydrogen-bond acceptors (Lipinski definition) is 7. The van der Waals surface area contributed by atoms with Crippen LogP contribution in [0.15, 0.2) is 47.2 Å². The molecule has 1 aliphatic carbocycles. The predicted octanol–water partition coefficient (Wildman–Crippen LogP) is 3.90. The van der Waals surface area contributed by atoms with Crippen LogP contribution in [0.2, 0.25) is 0 Å². The number of benzene rings is 1. The van der Waals surface area contributed by atoms with E-state index < -0.39 is 5.60 Å². The Bertz CT molecular complexity index is 1150. The summed E-state index contributed by atoms with van der Waals surface area (Å²) in [5, 5.41) is 16.5. The summed E-state index contributed by atoms with van der Waals surface area (Å²) < 4.78 is 5.46. The molecular formula is C26H34ClN5O2. The maximum absolute atomic E-state index is 12.4. The van der Waals surface area contributed by atoms with Crippen molar-refractivity contribution in [3.63, 3.8) is 0 Å². The number of hydrogen-bond donors (Lipinski definition) is 2. The zero-order chi connectivity index (χ0) is 23.4. The highest BCUT2D eigenvalue weighted by atomic mass is 35.5. The highest BCUT2D eigenvalue weighted by Crippen LogP contribution is 2.50. The van der Waals surface area contributed by atoms with Crippen molar-refractivity contribution in [1.82, 2.24) is 20.0 Å². The minimum atomic E-state index is -1.21. The monoisotopic (exact) mass is 483 g/mol. The van der Waals surface area contributed by atoms with Gasteiger partial charge in [0.1, 0.15) is 5.60 Å². The lowest BCUT2D eigenvalue weighted by Gasteiger charge is -2.55. The van der Waals surface area contributed by atoms with Crippen LogP contribution in [-0.4, -0.2) is 50.8 Å². The Morgan fingerprint density at radius 2 is 1.82 bits per heavy atom. The molecule has 2 aliphatic rings. The number of halogens is 1. The third-order valence-electron chi connectivity index (χ3n) is 7.38. The van der Waals surface area contributed by atoms with Crippen molar-refractivity contribution in [3.8, 4) is 11.4 Å². The van der Waals surface area contributed by atoms with E-state index in [1.165, 1.54) is 5.56 Å². The third kappa shape index (κ3) is 4.26. The first-order chi connectivity index (χ1) is 15.6.